The minimum atomic E-state index is 0.474. The highest BCUT2D eigenvalue weighted by Gasteiger charge is 2.16. The van der Waals surface area contributed by atoms with Gasteiger partial charge in [0.2, 0.25) is 0 Å². The predicted molar refractivity (Wildman–Crippen MR) is 129 cm³/mol. The third-order valence-corrected chi connectivity index (χ3v) is 6.12. The lowest BCUT2D eigenvalue weighted by Gasteiger charge is -2.03. The van der Waals surface area contributed by atoms with Gasteiger partial charge in [-0.3, -0.25) is 4.68 Å². The van der Waals surface area contributed by atoms with Crippen LogP contribution in [0.5, 0.6) is 0 Å². The van der Waals surface area contributed by atoms with Crippen LogP contribution in [-0.2, 0) is 13.0 Å². The molecule has 31 heavy (non-hydrogen) atoms. The maximum atomic E-state index is 6.24. The number of aromatic nitrogens is 5. The van der Waals surface area contributed by atoms with Gasteiger partial charge in [-0.25, -0.2) is 9.50 Å². The number of benzene rings is 2. The Morgan fingerprint density at radius 2 is 2.00 bits per heavy atom. The molecule has 0 aliphatic heterocycles. The first-order valence-electron chi connectivity index (χ1n) is 10.0. The Labute approximate surface area is 192 Å². The fourth-order valence-corrected chi connectivity index (χ4v) is 4.41. The standard InChI is InChI=1S/C23H20BrClN6/c24-8-2-5-19-11-20(22-23(26)27-14-28-31(19)22)16-6-7-17-13-30(29-21(17)10-16)12-15-3-1-4-18(25)9-15/h1,3-4,6-7,9-11,13-14H,2,5,8,12H2,(H2,26,27,28). The number of aryl methyl sites for hydroxylation is 1. The van der Waals surface area contributed by atoms with Crippen molar-refractivity contribution in [3.63, 3.8) is 0 Å². The zero-order chi connectivity index (χ0) is 21.4. The molecule has 0 fully saturated rings. The molecule has 0 amide bonds. The summed E-state index contributed by atoms with van der Waals surface area (Å²) in [5, 5.41) is 12.0. The Kier molecular flexibility index (Phi) is 5.38. The molecule has 0 bridgehead atoms. The van der Waals surface area contributed by atoms with Gasteiger partial charge in [0.05, 0.1) is 12.1 Å². The van der Waals surface area contributed by atoms with Gasteiger partial charge in [-0.1, -0.05) is 51.8 Å². The average Bonchev–Trinajstić information content (AvgIpc) is 3.33. The summed E-state index contributed by atoms with van der Waals surface area (Å²) in [5.41, 5.74) is 12.3. The molecule has 0 saturated carbocycles. The van der Waals surface area contributed by atoms with E-state index in [2.05, 4.69) is 56.5 Å². The van der Waals surface area contributed by atoms with Crippen molar-refractivity contribution < 1.29 is 0 Å². The topological polar surface area (TPSA) is 74.0 Å². The van der Waals surface area contributed by atoms with Crippen molar-refractivity contribution >= 4 is 49.8 Å². The Morgan fingerprint density at radius 3 is 2.84 bits per heavy atom. The summed E-state index contributed by atoms with van der Waals surface area (Å²) in [6.07, 6.45) is 5.48. The third-order valence-electron chi connectivity index (χ3n) is 5.32. The molecule has 2 aromatic carbocycles. The van der Waals surface area contributed by atoms with E-state index in [1.54, 1.807) is 0 Å². The predicted octanol–water partition coefficient (Wildman–Crippen LogP) is 5.36. The Morgan fingerprint density at radius 1 is 1.10 bits per heavy atom. The maximum absolute atomic E-state index is 6.24. The van der Waals surface area contributed by atoms with E-state index in [4.69, 9.17) is 22.4 Å². The normalized spacial score (nSPS) is 11.5. The molecule has 0 saturated heterocycles. The highest BCUT2D eigenvalue weighted by atomic mass is 79.9. The lowest BCUT2D eigenvalue weighted by atomic mass is 10.0. The number of alkyl halides is 1. The van der Waals surface area contributed by atoms with Gasteiger partial charge in [0.25, 0.3) is 0 Å². The van der Waals surface area contributed by atoms with Gasteiger partial charge in [-0.2, -0.15) is 10.2 Å². The quantitative estimate of drug-likeness (QED) is 0.322. The number of anilines is 1. The van der Waals surface area contributed by atoms with Crippen LogP contribution in [0.4, 0.5) is 5.82 Å². The van der Waals surface area contributed by atoms with E-state index in [-0.39, 0.29) is 0 Å². The summed E-state index contributed by atoms with van der Waals surface area (Å²) < 4.78 is 3.85. The summed E-state index contributed by atoms with van der Waals surface area (Å²) in [6.45, 7) is 0.664. The van der Waals surface area contributed by atoms with E-state index in [0.29, 0.717) is 12.4 Å². The SMILES string of the molecule is Nc1ncnn2c(CCCBr)cc(-c3ccc4cn(Cc5cccc(Cl)c5)nc4c3)c12. The zero-order valence-corrected chi connectivity index (χ0v) is 19.0. The fourth-order valence-electron chi connectivity index (χ4n) is 3.92. The first-order chi connectivity index (χ1) is 15.1. The average molecular weight is 496 g/mol. The molecule has 5 aromatic rings. The van der Waals surface area contributed by atoms with Gasteiger partial charge in [-0.05, 0) is 48.2 Å². The second-order valence-electron chi connectivity index (χ2n) is 7.48. The molecule has 5 rings (SSSR count). The molecule has 0 atom stereocenters. The molecule has 0 radical (unpaired) electrons. The molecule has 6 nitrogen and oxygen atoms in total. The van der Waals surface area contributed by atoms with Gasteiger partial charge in [0, 0.05) is 33.2 Å². The van der Waals surface area contributed by atoms with Crippen molar-refractivity contribution in [2.75, 3.05) is 11.1 Å². The summed E-state index contributed by atoms with van der Waals surface area (Å²) >= 11 is 9.63. The van der Waals surface area contributed by atoms with Crippen LogP contribution in [-0.4, -0.2) is 29.7 Å². The Hall–Kier alpha value is -2.90. The van der Waals surface area contributed by atoms with Crippen LogP contribution in [0, 0.1) is 0 Å². The Bertz CT molecular complexity index is 1390. The fraction of sp³-hybridized carbons (Fsp3) is 0.174. The van der Waals surface area contributed by atoms with Gasteiger partial charge >= 0.3 is 0 Å². The smallest absolute Gasteiger partial charge is 0.151 e. The highest BCUT2D eigenvalue weighted by molar-refractivity contribution is 9.09. The number of rotatable bonds is 6. The van der Waals surface area contributed by atoms with Gasteiger partial charge in [-0.15, -0.1) is 0 Å². The molecule has 0 unspecified atom stereocenters. The monoisotopic (exact) mass is 494 g/mol. The number of halogens is 2. The van der Waals surface area contributed by atoms with Crippen LogP contribution in [0.1, 0.15) is 17.7 Å². The number of nitrogen functional groups attached to an aromatic ring is 1. The lowest BCUT2D eigenvalue weighted by molar-refractivity contribution is 0.696. The van der Waals surface area contributed by atoms with Crippen molar-refractivity contribution in [3.8, 4) is 11.1 Å². The molecule has 0 aliphatic rings. The first-order valence-corrected chi connectivity index (χ1v) is 11.5. The molecule has 0 spiro atoms. The lowest BCUT2D eigenvalue weighted by Crippen LogP contribution is -2.02. The van der Waals surface area contributed by atoms with Crippen molar-refractivity contribution in [3.05, 3.63) is 77.3 Å². The van der Waals surface area contributed by atoms with Crippen LogP contribution >= 0.6 is 27.5 Å². The number of hydrogen-bond acceptors (Lipinski definition) is 4. The largest absolute Gasteiger partial charge is 0.382 e. The second-order valence-corrected chi connectivity index (χ2v) is 8.71. The molecular formula is C23H20BrClN6. The molecular weight excluding hydrogens is 476 g/mol. The highest BCUT2D eigenvalue weighted by Crippen LogP contribution is 2.32. The van der Waals surface area contributed by atoms with Crippen molar-refractivity contribution in [1.82, 2.24) is 24.4 Å². The van der Waals surface area contributed by atoms with Gasteiger partial charge in [0.1, 0.15) is 11.8 Å². The molecule has 3 heterocycles. The molecule has 8 heteroatoms. The van der Waals surface area contributed by atoms with Crippen LogP contribution in [0.15, 0.2) is 61.1 Å². The van der Waals surface area contributed by atoms with E-state index >= 15 is 0 Å². The van der Waals surface area contributed by atoms with Crippen LogP contribution in [0.2, 0.25) is 5.02 Å². The maximum Gasteiger partial charge on any atom is 0.151 e. The first kappa shape index (κ1) is 20.0. The summed E-state index contributed by atoms with van der Waals surface area (Å²) in [6, 6.07) is 16.3. The number of nitrogens with zero attached hydrogens (tertiary/aromatic N) is 5. The van der Waals surface area contributed by atoms with E-state index in [0.717, 1.165) is 62.0 Å². The van der Waals surface area contributed by atoms with Crippen LogP contribution < -0.4 is 5.73 Å². The van der Waals surface area contributed by atoms with Crippen molar-refractivity contribution in [2.45, 2.75) is 19.4 Å². The number of hydrogen-bond donors (Lipinski definition) is 1. The van der Waals surface area contributed by atoms with Gasteiger partial charge < -0.3 is 5.73 Å². The summed E-state index contributed by atoms with van der Waals surface area (Å²) in [4.78, 5) is 4.21. The summed E-state index contributed by atoms with van der Waals surface area (Å²) in [7, 11) is 0. The minimum absolute atomic E-state index is 0.474. The van der Waals surface area contributed by atoms with Crippen LogP contribution in [0.3, 0.4) is 0 Å². The molecule has 3 aromatic heterocycles. The molecule has 2 N–H and O–H groups in total. The van der Waals surface area contributed by atoms with Gasteiger partial charge in [0.15, 0.2) is 5.82 Å². The Balaban J connectivity index is 1.55. The van der Waals surface area contributed by atoms with Crippen molar-refractivity contribution in [2.24, 2.45) is 0 Å². The van der Waals surface area contributed by atoms with E-state index in [9.17, 15) is 0 Å². The van der Waals surface area contributed by atoms with E-state index < -0.39 is 0 Å². The van der Waals surface area contributed by atoms with Crippen molar-refractivity contribution in [1.29, 1.82) is 0 Å². The van der Waals surface area contributed by atoms with E-state index in [1.165, 1.54) is 6.33 Å². The minimum Gasteiger partial charge on any atom is -0.382 e. The second kappa shape index (κ2) is 8.32. The zero-order valence-electron chi connectivity index (χ0n) is 16.7. The van der Waals surface area contributed by atoms with Crippen LogP contribution in [0.25, 0.3) is 27.5 Å². The number of nitrogens with two attached hydrogens (primary N) is 1. The summed E-state index contributed by atoms with van der Waals surface area (Å²) in [5.74, 6) is 0.474. The third kappa shape index (κ3) is 3.91. The molecule has 0 aliphatic carbocycles. The van der Waals surface area contributed by atoms with E-state index in [1.807, 2.05) is 33.5 Å². The number of fused-ring (bicyclic) bond motifs is 2. The molecule has 156 valence electrons.